The second kappa shape index (κ2) is 13.7. The molecule has 2 aromatic carbocycles. The van der Waals surface area contributed by atoms with Crippen LogP contribution in [0.25, 0.3) is 11.4 Å². The molecule has 232 valence electrons. The Labute approximate surface area is 260 Å². The van der Waals surface area contributed by atoms with Gasteiger partial charge in [-0.3, -0.25) is 14.4 Å². The van der Waals surface area contributed by atoms with E-state index in [1.807, 2.05) is 58.1 Å². The first-order valence-electron chi connectivity index (χ1n) is 15.3. The van der Waals surface area contributed by atoms with Crippen molar-refractivity contribution in [2.75, 3.05) is 32.8 Å². The van der Waals surface area contributed by atoms with E-state index < -0.39 is 11.7 Å². The van der Waals surface area contributed by atoms with Crippen LogP contribution in [0.15, 0.2) is 79.3 Å². The number of nitrogens with one attached hydrogen (secondary N) is 1. The van der Waals surface area contributed by atoms with Gasteiger partial charge < -0.3 is 24.4 Å². The van der Waals surface area contributed by atoms with Gasteiger partial charge >= 0.3 is 0 Å². The number of carbonyl (C=O) groups excluding carboxylic acids is 3. The van der Waals surface area contributed by atoms with Gasteiger partial charge in [-0.2, -0.15) is 0 Å². The normalized spacial score (nSPS) is 17.4. The summed E-state index contributed by atoms with van der Waals surface area (Å²) in [6.07, 6.45) is 6.98. The first-order valence-corrected chi connectivity index (χ1v) is 15.3. The second-order valence-electron chi connectivity index (χ2n) is 11.2. The summed E-state index contributed by atoms with van der Waals surface area (Å²) < 4.78 is 22.6. The minimum atomic E-state index is -0.664. The summed E-state index contributed by atoms with van der Waals surface area (Å²) >= 11 is 0. The molecule has 45 heavy (non-hydrogen) atoms. The van der Waals surface area contributed by atoms with E-state index in [9.17, 15) is 18.8 Å². The van der Waals surface area contributed by atoms with Gasteiger partial charge in [0.05, 0.1) is 19.1 Å². The van der Waals surface area contributed by atoms with Crippen molar-refractivity contribution in [1.29, 1.82) is 0 Å². The van der Waals surface area contributed by atoms with Gasteiger partial charge in [-0.05, 0) is 55.2 Å². The van der Waals surface area contributed by atoms with Crippen molar-refractivity contribution in [3.05, 3.63) is 102 Å². The Hall–Kier alpha value is -5.06. The van der Waals surface area contributed by atoms with Crippen LogP contribution in [0.4, 0.5) is 4.39 Å². The molecule has 3 amide bonds. The molecular formula is C34H35FN6O4. The standard InChI is InChI=1S/C34H35FN6O4/c35-28-12-6-13-36-31(28)34(44)41-16-4-3-15-39(30(42)23-29-26-10-1-2-11-27(26)33(43)38-29)17-7-21-45-25-9-5-8-24(22-25)32-37-14-18-40(32)19-20-41/h1-2,5-6,8-14,18,22,29H,3-4,7,15-17,19-21,23H2,(H,38,43). The second-order valence-corrected chi connectivity index (χ2v) is 11.2. The van der Waals surface area contributed by atoms with E-state index in [-0.39, 0.29) is 30.0 Å². The maximum absolute atomic E-state index is 14.6. The lowest BCUT2D eigenvalue weighted by molar-refractivity contribution is -0.132. The molecule has 6 rings (SSSR count). The highest BCUT2D eigenvalue weighted by Crippen LogP contribution is 2.28. The van der Waals surface area contributed by atoms with Crippen LogP contribution >= 0.6 is 0 Å². The molecule has 1 atom stereocenters. The molecule has 0 aliphatic carbocycles. The van der Waals surface area contributed by atoms with E-state index >= 15 is 0 Å². The van der Waals surface area contributed by atoms with Crippen molar-refractivity contribution < 1.29 is 23.5 Å². The molecule has 0 radical (unpaired) electrons. The number of rotatable bonds is 3. The Morgan fingerprint density at radius 1 is 0.889 bits per heavy atom. The summed E-state index contributed by atoms with van der Waals surface area (Å²) in [5.41, 5.74) is 2.09. The Bertz CT molecular complexity index is 1690. The van der Waals surface area contributed by atoms with E-state index in [2.05, 4.69) is 15.3 Å². The summed E-state index contributed by atoms with van der Waals surface area (Å²) in [5.74, 6) is 0.0512. The van der Waals surface area contributed by atoms with Crippen LogP contribution in [0.5, 0.6) is 5.75 Å². The molecule has 11 heteroatoms. The van der Waals surface area contributed by atoms with Crippen LogP contribution < -0.4 is 10.1 Å². The third-order valence-corrected chi connectivity index (χ3v) is 8.23. The highest BCUT2D eigenvalue weighted by molar-refractivity contribution is 5.99. The summed E-state index contributed by atoms with van der Waals surface area (Å²) in [7, 11) is 0. The lowest BCUT2D eigenvalue weighted by Crippen LogP contribution is -2.38. The third-order valence-electron chi connectivity index (χ3n) is 8.23. The van der Waals surface area contributed by atoms with Gasteiger partial charge in [0.25, 0.3) is 11.8 Å². The van der Waals surface area contributed by atoms with Gasteiger partial charge in [0.15, 0.2) is 11.5 Å². The first-order chi connectivity index (χ1) is 22.0. The molecule has 1 N–H and O–H groups in total. The zero-order valence-electron chi connectivity index (χ0n) is 24.9. The van der Waals surface area contributed by atoms with Gasteiger partial charge in [-0.25, -0.2) is 14.4 Å². The van der Waals surface area contributed by atoms with Crippen LogP contribution in [0, 0.1) is 5.82 Å². The van der Waals surface area contributed by atoms with Crippen LogP contribution in [-0.2, 0) is 11.3 Å². The Balaban J connectivity index is 1.21. The van der Waals surface area contributed by atoms with Crippen LogP contribution in [0.2, 0.25) is 0 Å². The lowest BCUT2D eigenvalue weighted by Gasteiger charge is -2.26. The maximum atomic E-state index is 14.6. The van der Waals surface area contributed by atoms with Gasteiger partial charge in [-0.1, -0.05) is 30.3 Å². The molecule has 1 unspecified atom stereocenters. The summed E-state index contributed by atoms with van der Waals surface area (Å²) in [4.78, 5) is 51.5. The number of hydrogen-bond donors (Lipinski definition) is 1. The van der Waals surface area contributed by atoms with Crippen molar-refractivity contribution in [3.8, 4) is 17.1 Å². The van der Waals surface area contributed by atoms with Crippen LogP contribution in [0.1, 0.15) is 58.1 Å². The number of fused-ring (bicyclic) bond motifs is 5. The fourth-order valence-electron chi connectivity index (χ4n) is 5.91. The van der Waals surface area contributed by atoms with Crippen molar-refractivity contribution in [2.24, 2.45) is 0 Å². The average molecular weight is 611 g/mol. The number of hydrogen-bond acceptors (Lipinski definition) is 6. The average Bonchev–Trinajstić information content (AvgIpc) is 3.65. The zero-order valence-corrected chi connectivity index (χ0v) is 24.9. The molecule has 0 saturated heterocycles. The number of ether oxygens (including phenoxy) is 1. The monoisotopic (exact) mass is 610 g/mol. The van der Waals surface area contributed by atoms with E-state index in [4.69, 9.17) is 4.74 Å². The molecule has 2 aliphatic rings. The number of carbonyl (C=O) groups is 3. The highest BCUT2D eigenvalue weighted by Gasteiger charge is 2.31. The van der Waals surface area contributed by atoms with E-state index in [1.165, 1.54) is 18.3 Å². The molecule has 2 bridgehead atoms. The number of nitrogens with zero attached hydrogens (tertiary/aromatic N) is 5. The fraction of sp³-hybridized carbons (Fsp3) is 0.324. The number of amides is 3. The molecular weight excluding hydrogens is 575 g/mol. The van der Waals surface area contributed by atoms with Gasteiger partial charge in [0.2, 0.25) is 5.91 Å². The van der Waals surface area contributed by atoms with Crippen molar-refractivity contribution >= 4 is 17.7 Å². The van der Waals surface area contributed by atoms with E-state index in [0.717, 1.165) is 17.0 Å². The number of halogens is 1. The lowest BCUT2D eigenvalue weighted by atomic mass is 10.0. The van der Waals surface area contributed by atoms with E-state index in [0.29, 0.717) is 69.9 Å². The molecule has 4 heterocycles. The zero-order chi connectivity index (χ0) is 31.2. The number of pyridine rings is 1. The summed E-state index contributed by atoms with van der Waals surface area (Å²) in [6, 6.07) is 17.3. The fourth-order valence-corrected chi connectivity index (χ4v) is 5.91. The number of aromatic nitrogens is 3. The maximum Gasteiger partial charge on any atom is 0.275 e. The Kier molecular flexibility index (Phi) is 9.14. The number of imidazole rings is 1. The number of benzene rings is 2. The molecule has 2 aromatic heterocycles. The molecule has 0 spiro atoms. The Morgan fingerprint density at radius 2 is 1.71 bits per heavy atom. The SMILES string of the molecule is O=C1NC(CC(=O)N2CCCCN(C(=O)c3ncccc3F)CCn3ccnc3-c3cccc(c3)OCCC2)c2ccccc21. The summed E-state index contributed by atoms with van der Waals surface area (Å²) in [6.45, 7) is 2.50. The molecule has 4 aromatic rings. The van der Waals surface area contributed by atoms with Crippen LogP contribution in [-0.4, -0.2) is 74.8 Å². The Morgan fingerprint density at radius 3 is 2.58 bits per heavy atom. The van der Waals surface area contributed by atoms with Gasteiger partial charge in [-0.15, -0.1) is 0 Å². The molecule has 2 aliphatic heterocycles. The van der Waals surface area contributed by atoms with Crippen molar-refractivity contribution in [3.63, 3.8) is 0 Å². The quantitative estimate of drug-likeness (QED) is 0.366. The topological polar surface area (TPSA) is 110 Å². The minimum Gasteiger partial charge on any atom is -0.494 e. The predicted octanol–water partition coefficient (Wildman–Crippen LogP) is 4.49. The summed E-state index contributed by atoms with van der Waals surface area (Å²) in [5, 5.41) is 2.94. The molecule has 0 saturated carbocycles. The third kappa shape index (κ3) is 6.87. The minimum absolute atomic E-state index is 0.0640. The van der Waals surface area contributed by atoms with Gasteiger partial charge in [0.1, 0.15) is 11.6 Å². The van der Waals surface area contributed by atoms with E-state index in [1.54, 1.807) is 17.2 Å². The van der Waals surface area contributed by atoms with Gasteiger partial charge in [0, 0.05) is 62.4 Å². The highest BCUT2D eigenvalue weighted by atomic mass is 19.1. The first kappa shape index (κ1) is 30.0. The predicted molar refractivity (Wildman–Crippen MR) is 165 cm³/mol. The molecule has 0 fully saturated rings. The largest absolute Gasteiger partial charge is 0.494 e. The molecule has 10 nitrogen and oxygen atoms in total. The van der Waals surface area contributed by atoms with Crippen molar-refractivity contribution in [1.82, 2.24) is 29.7 Å². The smallest absolute Gasteiger partial charge is 0.275 e. The van der Waals surface area contributed by atoms with Crippen LogP contribution in [0.3, 0.4) is 0 Å². The van der Waals surface area contributed by atoms with Crippen molar-refractivity contribution in [2.45, 2.75) is 38.3 Å².